The van der Waals surface area contributed by atoms with Gasteiger partial charge in [-0.3, -0.25) is 9.59 Å². The predicted molar refractivity (Wildman–Crippen MR) is 141 cm³/mol. The van der Waals surface area contributed by atoms with Crippen molar-refractivity contribution < 1.29 is 19.1 Å². The van der Waals surface area contributed by atoms with Gasteiger partial charge in [-0.2, -0.15) is 0 Å². The fourth-order valence-corrected chi connectivity index (χ4v) is 4.01. The average Bonchev–Trinajstić information content (AvgIpc) is 2.73. The third-order valence-electron chi connectivity index (χ3n) is 5.92. The van der Waals surface area contributed by atoms with Crippen molar-refractivity contribution >= 4 is 17.9 Å². The summed E-state index contributed by atoms with van der Waals surface area (Å²) in [7, 11) is 0. The van der Waals surface area contributed by atoms with Crippen LogP contribution in [-0.4, -0.2) is 46.5 Å². The lowest BCUT2D eigenvalue weighted by Crippen LogP contribution is -2.57. The Labute approximate surface area is 212 Å². The number of amides is 3. The number of nitrogens with one attached hydrogen (secondary N) is 2. The molecule has 1 aromatic rings. The maximum Gasteiger partial charge on any atom is 0.408 e. The highest BCUT2D eigenvalue weighted by Crippen LogP contribution is 2.28. The van der Waals surface area contributed by atoms with Gasteiger partial charge in [0.2, 0.25) is 11.8 Å². The second-order valence-corrected chi connectivity index (χ2v) is 10.9. The van der Waals surface area contributed by atoms with Crippen molar-refractivity contribution in [2.45, 2.75) is 118 Å². The molecule has 1 rings (SSSR count). The molecular weight excluding hydrogens is 442 g/mol. The van der Waals surface area contributed by atoms with E-state index in [1.165, 1.54) is 0 Å². The molecule has 1 aromatic carbocycles. The molecule has 0 saturated carbocycles. The molecule has 0 aliphatic heterocycles. The molecular formula is C28H47N3O4. The van der Waals surface area contributed by atoms with Crippen molar-refractivity contribution in [2.75, 3.05) is 0 Å². The van der Waals surface area contributed by atoms with E-state index in [4.69, 9.17) is 4.74 Å². The van der Waals surface area contributed by atoms with E-state index in [9.17, 15) is 14.4 Å². The minimum absolute atomic E-state index is 0.0190. The fraction of sp³-hybridized carbons (Fsp3) is 0.679. The van der Waals surface area contributed by atoms with E-state index in [1.54, 1.807) is 25.7 Å². The fourth-order valence-electron chi connectivity index (χ4n) is 4.01. The number of rotatable bonds is 11. The topological polar surface area (TPSA) is 87.7 Å². The normalized spacial score (nSPS) is 15.1. The first-order valence-corrected chi connectivity index (χ1v) is 12.9. The van der Waals surface area contributed by atoms with Crippen LogP contribution in [0.5, 0.6) is 0 Å². The van der Waals surface area contributed by atoms with Crippen LogP contribution in [0.15, 0.2) is 24.3 Å². The van der Waals surface area contributed by atoms with Crippen molar-refractivity contribution in [2.24, 2.45) is 5.92 Å². The first-order valence-electron chi connectivity index (χ1n) is 12.9. The van der Waals surface area contributed by atoms with Crippen molar-refractivity contribution in [3.63, 3.8) is 0 Å². The van der Waals surface area contributed by atoms with Gasteiger partial charge in [-0.25, -0.2) is 4.79 Å². The molecule has 35 heavy (non-hydrogen) atoms. The van der Waals surface area contributed by atoms with Crippen LogP contribution in [0.4, 0.5) is 4.79 Å². The van der Waals surface area contributed by atoms with Gasteiger partial charge in [0, 0.05) is 12.1 Å². The van der Waals surface area contributed by atoms with E-state index in [-0.39, 0.29) is 29.8 Å². The first kappa shape index (κ1) is 30.5. The number of ether oxygens (including phenoxy) is 1. The standard InChI is InChI=1S/C28H47N3O4/c1-11-14-20(6)29-25(32)24(22-16-13-15-19(5)17-22)31(21(7)12-2)26(33)23(18(3)4)30-27(34)35-28(8,9)10/h13,15-18,20-21,23-24H,11-12,14H2,1-10H3,(H,29,32)(H,30,34). The zero-order valence-corrected chi connectivity index (χ0v) is 23.4. The molecule has 0 saturated heterocycles. The third-order valence-corrected chi connectivity index (χ3v) is 5.92. The Bertz CT molecular complexity index is 847. The third kappa shape index (κ3) is 9.54. The Hall–Kier alpha value is -2.57. The molecule has 0 radical (unpaired) electrons. The summed E-state index contributed by atoms with van der Waals surface area (Å²) >= 11 is 0. The summed E-state index contributed by atoms with van der Waals surface area (Å²) in [4.78, 5) is 42.0. The molecule has 4 atom stereocenters. The lowest BCUT2D eigenvalue weighted by Gasteiger charge is -2.39. The number of aryl methyl sites for hydroxylation is 1. The second-order valence-electron chi connectivity index (χ2n) is 10.9. The lowest BCUT2D eigenvalue weighted by atomic mass is 9.95. The van der Waals surface area contributed by atoms with Gasteiger partial charge in [-0.15, -0.1) is 0 Å². The largest absolute Gasteiger partial charge is 0.444 e. The van der Waals surface area contributed by atoms with Crippen LogP contribution >= 0.6 is 0 Å². The minimum atomic E-state index is -0.841. The molecule has 0 aliphatic carbocycles. The van der Waals surface area contributed by atoms with Gasteiger partial charge >= 0.3 is 6.09 Å². The Kier molecular flexibility index (Phi) is 11.7. The minimum Gasteiger partial charge on any atom is -0.444 e. The van der Waals surface area contributed by atoms with Crippen LogP contribution in [-0.2, 0) is 14.3 Å². The zero-order chi connectivity index (χ0) is 26.9. The van der Waals surface area contributed by atoms with Crippen molar-refractivity contribution in [3.05, 3.63) is 35.4 Å². The SMILES string of the molecule is CCCC(C)NC(=O)C(c1cccc(C)c1)N(C(=O)C(NC(=O)OC(C)(C)C)C(C)C)C(C)CC. The van der Waals surface area contributed by atoms with Crippen LogP contribution in [0, 0.1) is 12.8 Å². The van der Waals surface area contributed by atoms with Gasteiger partial charge in [0.25, 0.3) is 0 Å². The van der Waals surface area contributed by atoms with Gasteiger partial charge in [0.1, 0.15) is 17.7 Å². The van der Waals surface area contributed by atoms with E-state index in [2.05, 4.69) is 17.6 Å². The molecule has 0 bridgehead atoms. The highest BCUT2D eigenvalue weighted by Gasteiger charge is 2.39. The van der Waals surface area contributed by atoms with Crippen LogP contribution in [0.25, 0.3) is 0 Å². The smallest absolute Gasteiger partial charge is 0.408 e. The van der Waals surface area contributed by atoms with Crippen LogP contribution in [0.2, 0.25) is 0 Å². The molecule has 3 amide bonds. The summed E-state index contributed by atoms with van der Waals surface area (Å²) in [6.07, 6.45) is 1.79. The maximum atomic E-state index is 14.1. The molecule has 0 fully saturated rings. The predicted octanol–water partition coefficient (Wildman–Crippen LogP) is 5.52. The Morgan fingerprint density at radius 1 is 1.03 bits per heavy atom. The molecule has 0 aliphatic rings. The summed E-state index contributed by atoms with van der Waals surface area (Å²) in [5.41, 5.74) is 1.06. The first-order chi connectivity index (χ1) is 16.2. The van der Waals surface area contributed by atoms with Crippen molar-refractivity contribution in [1.29, 1.82) is 0 Å². The van der Waals surface area contributed by atoms with Crippen LogP contribution in [0.3, 0.4) is 0 Å². The molecule has 2 N–H and O–H groups in total. The van der Waals surface area contributed by atoms with Crippen LogP contribution in [0.1, 0.15) is 98.7 Å². The summed E-state index contributed by atoms with van der Waals surface area (Å²) in [5, 5.41) is 5.87. The summed E-state index contributed by atoms with van der Waals surface area (Å²) in [5.74, 6) is -0.725. The number of carbonyl (C=O) groups is 3. The molecule has 198 valence electrons. The average molecular weight is 490 g/mol. The molecule has 0 spiro atoms. The van der Waals surface area contributed by atoms with E-state index < -0.39 is 23.8 Å². The van der Waals surface area contributed by atoms with Gasteiger partial charge in [-0.1, -0.05) is 63.9 Å². The van der Waals surface area contributed by atoms with Crippen molar-refractivity contribution in [3.8, 4) is 0 Å². The Morgan fingerprint density at radius 3 is 2.14 bits per heavy atom. The van der Waals surface area contributed by atoms with Gasteiger partial charge in [0.15, 0.2) is 0 Å². The molecule has 0 heterocycles. The molecule has 7 heteroatoms. The molecule has 7 nitrogen and oxygen atoms in total. The lowest BCUT2D eigenvalue weighted by molar-refractivity contribution is -0.146. The van der Waals surface area contributed by atoms with E-state index in [0.29, 0.717) is 6.42 Å². The summed E-state index contributed by atoms with van der Waals surface area (Å²) in [6, 6.07) is 5.79. The zero-order valence-electron chi connectivity index (χ0n) is 23.4. The number of nitrogens with zero attached hydrogens (tertiary/aromatic N) is 1. The summed E-state index contributed by atoms with van der Waals surface area (Å²) < 4.78 is 5.42. The van der Waals surface area contributed by atoms with Crippen LogP contribution < -0.4 is 10.6 Å². The van der Waals surface area contributed by atoms with Gasteiger partial charge in [-0.05, 0) is 65.9 Å². The number of benzene rings is 1. The van der Waals surface area contributed by atoms with Gasteiger partial charge in [0.05, 0.1) is 0 Å². The van der Waals surface area contributed by atoms with E-state index >= 15 is 0 Å². The Balaban J connectivity index is 3.50. The number of hydrogen-bond acceptors (Lipinski definition) is 4. The molecule has 4 unspecified atom stereocenters. The number of carbonyl (C=O) groups excluding carboxylic acids is 3. The van der Waals surface area contributed by atoms with E-state index in [1.807, 2.05) is 65.8 Å². The Morgan fingerprint density at radius 2 is 1.66 bits per heavy atom. The highest BCUT2D eigenvalue weighted by atomic mass is 16.6. The van der Waals surface area contributed by atoms with Gasteiger partial charge < -0.3 is 20.3 Å². The quantitative estimate of drug-likeness (QED) is 0.429. The number of hydrogen-bond donors (Lipinski definition) is 2. The van der Waals surface area contributed by atoms with Crippen molar-refractivity contribution in [1.82, 2.24) is 15.5 Å². The molecule has 0 aromatic heterocycles. The van der Waals surface area contributed by atoms with E-state index in [0.717, 1.165) is 24.0 Å². The number of alkyl carbamates (subject to hydrolysis) is 1. The highest BCUT2D eigenvalue weighted by molar-refractivity contribution is 5.92. The summed E-state index contributed by atoms with van der Waals surface area (Å²) in [6.45, 7) is 19.0. The maximum absolute atomic E-state index is 14.1. The second kappa shape index (κ2) is 13.5. The monoisotopic (exact) mass is 489 g/mol.